The summed E-state index contributed by atoms with van der Waals surface area (Å²) in [6, 6.07) is 3.06. The lowest BCUT2D eigenvalue weighted by atomic mass is 10.2. The molecule has 0 aliphatic carbocycles. The summed E-state index contributed by atoms with van der Waals surface area (Å²) in [4.78, 5) is 27.9. The zero-order chi connectivity index (χ0) is 17.4. The van der Waals surface area contributed by atoms with Crippen molar-refractivity contribution in [1.82, 2.24) is 4.90 Å². The van der Waals surface area contributed by atoms with Gasteiger partial charge in [-0.1, -0.05) is 23.4 Å². The Hall–Kier alpha value is -1.74. The van der Waals surface area contributed by atoms with E-state index in [2.05, 4.69) is 4.99 Å². The normalized spacial score (nSPS) is 20.9. The van der Waals surface area contributed by atoms with Crippen molar-refractivity contribution in [2.75, 3.05) is 7.05 Å². The fraction of sp³-hybridized carbons (Fsp3) is 0.308. The number of carbonyl (C=O) groups is 2. The summed E-state index contributed by atoms with van der Waals surface area (Å²) < 4.78 is 38.5. The molecule has 1 aromatic rings. The van der Waals surface area contributed by atoms with Crippen LogP contribution in [0.4, 0.5) is 18.9 Å². The van der Waals surface area contributed by atoms with Crippen molar-refractivity contribution in [3.05, 3.63) is 28.8 Å². The standard InChI is InChI=1S/C13H10ClF3N2O3S/c1-19-10(20)5-9(11(21)22)23-12(19)18-6-2-3-8(14)7(4-6)13(15,16)17/h2-4,9H,5H2,1H3,(H,21,22). The minimum atomic E-state index is -4.64. The highest BCUT2D eigenvalue weighted by atomic mass is 35.5. The molecule has 0 saturated carbocycles. The largest absolute Gasteiger partial charge is 0.480 e. The van der Waals surface area contributed by atoms with E-state index in [1.54, 1.807) is 0 Å². The number of nitrogens with zero attached hydrogens (tertiary/aromatic N) is 2. The van der Waals surface area contributed by atoms with E-state index in [9.17, 15) is 22.8 Å². The highest BCUT2D eigenvalue weighted by Crippen LogP contribution is 2.37. The van der Waals surface area contributed by atoms with Gasteiger partial charge in [0, 0.05) is 7.05 Å². The molecule has 124 valence electrons. The van der Waals surface area contributed by atoms with Crippen molar-refractivity contribution in [2.45, 2.75) is 17.8 Å². The molecule has 0 radical (unpaired) electrons. The summed E-state index contributed by atoms with van der Waals surface area (Å²) >= 11 is 6.33. The number of rotatable bonds is 2. The van der Waals surface area contributed by atoms with Crippen LogP contribution in [0.15, 0.2) is 23.2 Å². The number of hydrogen-bond donors (Lipinski definition) is 1. The van der Waals surface area contributed by atoms with E-state index in [4.69, 9.17) is 16.7 Å². The first-order valence-corrected chi connectivity index (χ1v) is 7.47. The van der Waals surface area contributed by atoms with Crippen LogP contribution in [0, 0.1) is 0 Å². The average molecular weight is 367 g/mol. The third-order valence-electron chi connectivity index (χ3n) is 3.02. The molecule has 1 amide bonds. The van der Waals surface area contributed by atoms with Crippen LogP contribution in [-0.4, -0.2) is 39.3 Å². The van der Waals surface area contributed by atoms with Gasteiger partial charge in [0.15, 0.2) is 5.17 Å². The molecule has 2 rings (SSSR count). The number of carbonyl (C=O) groups excluding carboxylic acids is 1. The number of amides is 1. The molecule has 0 bridgehead atoms. The molecular weight excluding hydrogens is 357 g/mol. The van der Waals surface area contributed by atoms with Gasteiger partial charge in [0.05, 0.1) is 22.7 Å². The van der Waals surface area contributed by atoms with Crippen LogP contribution in [0.2, 0.25) is 5.02 Å². The summed E-state index contributed by atoms with van der Waals surface area (Å²) in [5.74, 6) is -1.66. The van der Waals surface area contributed by atoms with Crippen molar-refractivity contribution in [2.24, 2.45) is 4.99 Å². The maximum absolute atomic E-state index is 12.8. The lowest BCUT2D eigenvalue weighted by molar-refractivity contribution is -0.139. The minimum Gasteiger partial charge on any atom is -0.480 e. The summed E-state index contributed by atoms with van der Waals surface area (Å²) in [5, 5.41) is 7.53. The lowest BCUT2D eigenvalue weighted by Gasteiger charge is -2.27. The quantitative estimate of drug-likeness (QED) is 0.871. The van der Waals surface area contributed by atoms with Gasteiger partial charge in [-0.2, -0.15) is 13.2 Å². The monoisotopic (exact) mass is 366 g/mol. The van der Waals surface area contributed by atoms with Crippen LogP contribution >= 0.6 is 23.4 Å². The second-order valence-corrected chi connectivity index (χ2v) is 6.23. The van der Waals surface area contributed by atoms with Crippen LogP contribution in [0.5, 0.6) is 0 Å². The summed E-state index contributed by atoms with van der Waals surface area (Å²) in [5.41, 5.74) is -1.12. The van der Waals surface area contributed by atoms with E-state index >= 15 is 0 Å². The van der Waals surface area contributed by atoms with Crippen molar-refractivity contribution in [3.8, 4) is 0 Å². The number of carboxylic acid groups (broad SMARTS) is 1. The fourth-order valence-electron chi connectivity index (χ4n) is 1.80. The van der Waals surface area contributed by atoms with Crippen molar-refractivity contribution in [3.63, 3.8) is 0 Å². The molecule has 0 spiro atoms. The molecule has 1 N–H and O–H groups in total. The summed E-state index contributed by atoms with van der Waals surface area (Å²) in [7, 11) is 1.38. The molecule has 5 nitrogen and oxygen atoms in total. The van der Waals surface area contributed by atoms with E-state index < -0.39 is 33.9 Å². The van der Waals surface area contributed by atoms with Gasteiger partial charge in [0.1, 0.15) is 5.25 Å². The SMILES string of the molecule is CN1C(=O)CC(C(=O)O)SC1=Nc1ccc(Cl)c(C(F)(F)F)c1. The molecule has 0 aromatic heterocycles. The predicted octanol–water partition coefficient (Wildman–Crippen LogP) is 3.39. The van der Waals surface area contributed by atoms with Crippen LogP contribution in [0.3, 0.4) is 0 Å². The molecule has 1 aliphatic rings. The number of amidine groups is 1. The Morgan fingerprint density at radius 3 is 2.70 bits per heavy atom. The number of alkyl halides is 3. The van der Waals surface area contributed by atoms with Gasteiger partial charge < -0.3 is 5.11 Å². The highest BCUT2D eigenvalue weighted by molar-refractivity contribution is 8.15. The first-order chi connectivity index (χ1) is 10.6. The fourth-order valence-corrected chi connectivity index (χ4v) is 3.02. The Morgan fingerprint density at radius 2 is 2.13 bits per heavy atom. The molecule has 1 saturated heterocycles. The van der Waals surface area contributed by atoms with Crippen molar-refractivity contribution >= 4 is 46.1 Å². The van der Waals surface area contributed by atoms with E-state index in [-0.39, 0.29) is 17.3 Å². The van der Waals surface area contributed by atoms with Gasteiger partial charge in [-0.15, -0.1) is 0 Å². The molecule has 1 unspecified atom stereocenters. The van der Waals surface area contributed by atoms with Crippen molar-refractivity contribution < 1.29 is 27.9 Å². The van der Waals surface area contributed by atoms with E-state index in [1.807, 2.05) is 0 Å². The maximum atomic E-state index is 12.8. The number of halogens is 4. The Labute approximate surface area is 138 Å². The Morgan fingerprint density at radius 1 is 1.48 bits per heavy atom. The van der Waals surface area contributed by atoms with Crippen LogP contribution < -0.4 is 0 Å². The third kappa shape index (κ3) is 3.97. The number of aliphatic carboxylic acids is 1. The van der Waals surface area contributed by atoms with Gasteiger partial charge in [0.2, 0.25) is 5.91 Å². The zero-order valence-electron chi connectivity index (χ0n) is 11.6. The first kappa shape index (κ1) is 17.6. The summed E-state index contributed by atoms with van der Waals surface area (Å²) in [6.45, 7) is 0. The molecule has 10 heteroatoms. The highest BCUT2D eigenvalue weighted by Gasteiger charge is 2.35. The van der Waals surface area contributed by atoms with E-state index in [0.717, 1.165) is 28.8 Å². The minimum absolute atomic E-state index is 0.0177. The Bertz CT molecular complexity index is 694. The van der Waals surface area contributed by atoms with E-state index in [0.29, 0.717) is 0 Å². The molecule has 23 heavy (non-hydrogen) atoms. The van der Waals surface area contributed by atoms with Gasteiger partial charge in [-0.3, -0.25) is 14.5 Å². The molecule has 1 atom stereocenters. The number of benzene rings is 1. The van der Waals surface area contributed by atoms with Gasteiger partial charge >= 0.3 is 12.1 Å². The van der Waals surface area contributed by atoms with Gasteiger partial charge in [-0.25, -0.2) is 4.99 Å². The predicted molar refractivity (Wildman–Crippen MR) is 80.0 cm³/mol. The first-order valence-electron chi connectivity index (χ1n) is 6.21. The van der Waals surface area contributed by atoms with Crippen LogP contribution in [0.1, 0.15) is 12.0 Å². The van der Waals surface area contributed by atoms with Crippen LogP contribution in [0.25, 0.3) is 0 Å². The average Bonchev–Trinajstić information content (AvgIpc) is 2.44. The van der Waals surface area contributed by atoms with Gasteiger partial charge in [0.25, 0.3) is 0 Å². The molecule has 1 heterocycles. The maximum Gasteiger partial charge on any atom is 0.417 e. The second kappa shape index (κ2) is 6.40. The zero-order valence-corrected chi connectivity index (χ0v) is 13.2. The third-order valence-corrected chi connectivity index (χ3v) is 4.58. The van der Waals surface area contributed by atoms with Gasteiger partial charge in [-0.05, 0) is 18.2 Å². The van der Waals surface area contributed by atoms with Crippen LogP contribution in [-0.2, 0) is 15.8 Å². The molecule has 1 fully saturated rings. The number of carboxylic acids is 1. The number of aliphatic imine (C=N–C) groups is 1. The second-order valence-electron chi connectivity index (χ2n) is 4.66. The molecule has 1 aromatic carbocycles. The molecular formula is C13H10ClF3N2O3S. The smallest absolute Gasteiger partial charge is 0.417 e. The van der Waals surface area contributed by atoms with E-state index in [1.165, 1.54) is 13.1 Å². The Kier molecular flexibility index (Phi) is 4.90. The number of hydrogen-bond acceptors (Lipinski definition) is 4. The number of thioether (sulfide) groups is 1. The summed E-state index contributed by atoms with van der Waals surface area (Å²) in [6.07, 6.45) is -4.84. The van der Waals surface area contributed by atoms with Crippen molar-refractivity contribution in [1.29, 1.82) is 0 Å². The Balaban J connectivity index is 2.40. The topological polar surface area (TPSA) is 70.0 Å². The lowest BCUT2D eigenvalue weighted by Crippen LogP contribution is -2.41. The molecule has 1 aliphatic heterocycles.